The van der Waals surface area contributed by atoms with Gasteiger partial charge < -0.3 is 20.0 Å². The van der Waals surface area contributed by atoms with Gasteiger partial charge in [-0.1, -0.05) is 12.1 Å². The summed E-state index contributed by atoms with van der Waals surface area (Å²) in [6.07, 6.45) is 0.509. The maximum Gasteiger partial charge on any atom is 0.121 e. The molecule has 0 aliphatic carbocycles. The molecule has 0 aliphatic rings. The molecular weight excluding hydrogens is 312 g/mol. The molecule has 136 valence electrons. The van der Waals surface area contributed by atoms with Crippen LogP contribution in [-0.2, 0) is 6.42 Å². The van der Waals surface area contributed by atoms with Gasteiger partial charge in [-0.25, -0.2) is 0 Å². The summed E-state index contributed by atoms with van der Waals surface area (Å²) in [6.45, 7) is 12.0. The minimum atomic E-state index is 0.275. The molecule has 0 fully saturated rings. The van der Waals surface area contributed by atoms with Crippen molar-refractivity contribution < 1.29 is 10.2 Å². The van der Waals surface area contributed by atoms with E-state index in [0.717, 1.165) is 48.7 Å². The molecule has 0 amide bonds. The van der Waals surface area contributed by atoms with Crippen LogP contribution in [-0.4, -0.2) is 36.4 Å². The van der Waals surface area contributed by atoms with Crippen molar-refractivity contribution in [3.05, 3.63) is 47.5 Å². The summed E-state index contributed by atoms with van der Waals surface area (Å²) in [5, 5.41) is 20.8. The fraction of sp³-hybridized carbons (Fsp3) is 0.429. The van der Waals surface area contributed by atoms with Crippen molar-refractivity contribution >= 4 is 11.4 Å². The molecule has 25 heavy (non-hydrogen) atoms. The van der Waals surface area contributed by atoms with Gasteiger partial charge in [0.25, 0.3) is 0 Å². The first kappa shape index (κ1) is 19.0. The van der Waals surface area contributed by atoms with Crippen LogP contribution in [0.2, 0.25) is 0 Å². The number of aromatic hydroxyl groups is 2. The van der Waals surface area contributed by atoms with Crippen molar-refractivity contribution in [1.29, 1.82) is 0 Å². The Labute approximate surface area is 151 Å². The predicted molar refractivity (Wildman–Crippen MR) is 106 cm³/mol. The number of anilines is 2. The lowest BCUT2D eigenvalue weighted by Crippen LogP contribution is -2.21. The second kappa shape index (κ2) is 8.65. The minimum absolute atomic E-state index is 0.275. The first-order valence-corrected chi connectivity index (χ1v) is 9.17. The lowest BCUT2D eigenvalue weighted by atomic mass is 10.0. The van der Waals surface area contributed by atoms with Crippen molar-refractivity contribution in [2.75, 3.05) is 36.0 Å². The first-order chi connectivity index (χ1) is 12.0. The van der Waals surface area contributed by atoms with Crippen LogP contribution in [0.15, 0.2) is 36.4 Å². The van der Waals surface area contributed by atoms with Gasteiger partial charge in [-0.05, 0) is 51.0 Å². The van der Waals surface area contributed by atoms with E-state index in [4.69, 9.17) is 0 Å². The topological polar surface area (TPSA) is 46.9 Å². The Morgan fingerprint density at radius 3 is 1.28 bits per heavy atom. The van der Waals surface area contributed by atoms with Gasteiger partial charge in [-0.2, -0.15) is 0 Å². The lowest BCUT2D eigenvalue weighted by molar-refractivity contribution is 0.463. The zero-order chi connectivity index (χ0) is 18.4. The molecule has 0 bridgehead atoms. The van der Waals surface area contributed by atoms with Gasteiger partial charge in [-0.15, -0.1) is 0 Å². The molecule has 0 atom stereocenters. The van der Waals surface area contributed by atoms with Gasteiger partial charge in [0.15, 0.2) is 0 Å². The Hall–Kier alpha value is -2.36. The maximum absolute atomic E-state index is 10.4. The summed E-state index contributed by atoms with van der Waals surface area (Å²) in [5.74, 6) is 0.549. The second-order valence-electron chi connectivity index (χ2n) is 6.15. The Kier molecular flexibility index (Phi) is 6.57. The van der Waals surface area contributed by atoms with E-state index in [2.05, 4.69) is 37.5 Å². The first-order valence-electron chi connectivity index (χ1n) is 9.17. The molecule has 2 aromatic carbocycles. The van der Waals surface area contributed by atoms with E-state index in [1.165, 1.54) is 0 Å². The highest BCUT2D eigenvalue weighted by Gasteiger charge is 2.11. The average molecular weight is 342 g/mol. The van der Waals surface area contributed by atoms with E-state index < -0.39 is 0 Å². The third-order valence-electron chi connectivity index (χ3n) is 4.78. The molecular formula is C21H30N2O2. The Morgan fingerprint density at radius 2 is 1.00 bits per heavy atom. The fourth-order valence-corrected chi connectivity index (χ4v) is 3.18. The van der Waals surface area contributed by atoms with Crippen molar-refractivity contribution in [2.24, 2.45) is 0 Å². The molecule has 4 nitrogen and oxygen atoms in total. The summed E-state index contributed by atoms with van der Waals surface area (Å²) >= 11 is 0. The number of hydrogen-bond donors (Lipinski definition) is 2. The van der Waals surface area contributed by atoms with Crippen molar-refractivity contribution in [3.8, 4) is 11.5 Å². The molecule has 0 saturated heterocycles. The van der Waals surface area contributed by atoms with E-state index in [-0.39, 0.29) is 11.5 Å². The summed E-state index contributed by atoms with van der Waals surface area (Å²) in [7, 11) is 0. The number of benzene rings is 2. The molecule has 0 radical (unpaired) electrons. The standard InChI is InChI=1S/C21H30N2O2/c1-5-22(6-2)18-11-9-16(20(24)14-18)13-17-10-12-19(15-21(17)25)23(7-3)8-4/h9-12,14-15,24-25H,5-8,13H2,1-4H3. The van der Waals surface area contributed by atoms with E-state index in [9.17, 15) is 10.2 Å². The Morgan fingerprint density at radius 1 is 0.640 bits per heavy atom. The van der Waals surface area contributed by atoms with Gasteiger partial charge in [0.2, 0.25) is 0 Å². The largest absolute Gasteiger partial charge is 0.508 e. The predicted octanol–water partition coefficient (Wildman–Crippen LogP) is 4.38. The molecule has 2 aromatic rings. The molecule has 0 aromatic heterocycles. The fourth-order valence-electron chi connectivity index (χ4n) is 3.18. The van der Waals surface area contributed by atoms with Crippen LogP contribution in [0.4, 0.5) is 11.4 Å². The van der Waals surface area contributed by atoms with Gasteiger partial charge in [0, 0.05) is 56.1 Å². The molecule has 2 rings (SSSR count). The van der Waals surface area contributed by atoms with Crippen molar-refractivity contribution in [2.45, 2.75) is 34.1 Å². The SMILES string of the molecule is CCN(CC)c1ccc(Cc2ccc(N(CC)CC)cc2O)c(O)c1. The molecule has 0 aliphatic heterocycles. The number of phenolic OH excluding ortho intramolecular Hbond substituents is 2. The third kappa shape index (κ3) is 4.38. The molecule has 0 unspecified atom stereocenters. The highest BCUT2D eigenvalue weighted by molar-refractivity contribution is 5.57. The Balaban J connectivity index is 2.22. The van der Waals surface area contributed by atoms with E-state index in [1.54, 1.807) is 0 Å². The number of hydrogen-bond acceptors (Lipinski definition) is 4. The van der Waals surface area contributed by atoms with Crippen molar-refractivity contribution in [3.63, 3.8) is 0 Å². The third-order valence-corrected chi connectivity index (χ3v) is 4.78. The maximum atomic E-state index is 10.4. The highest BCUT2D eigenvalue weighted by Crippen LogP contribution is 2.31. The van der Waals surface area contributed by atoms with Crippen LogP contribution in [0.25, 0.3) is 0 Å². The van der Waals surface area contributed by atoms with Gasteiger partial charge >= 0.3 is 0 Å². The Bertz CT molecular complexity index is 633. The minimum Gasteiger partial charge on any atom is -0.508 e. The molecule has 0 spiro atoms. The molecule has 0 saturated carbocycles. The van der Waals surface area contributed by atoms with Crippen LogP contribution >= 0.6 is 0 Å². The van der Waals surface area contributed by atoms with E-state index in [1.807, 2.05) is 36.4 Å². The monoisotopic (exact) mass is 342 g/mol. The quantitative estimate of drug-likeness (QED) is 0.747. The zero-order valence-corrected chi connectivity index (χ0v) is 15.8. The highest BCUT2D eigenvalue weighted by atomic mass is 16.3. The van der Waals surface area contributed by atoms with Crippen LogP contribution in [0.3, 0.4) is 0 Å². The zero-order valence-electron chi connectivity index (χ0n) is 15.8. The average Bonchev–Trinajstić information content (AvgIpc) is 2.61. The number of nitrogens with zero attached hydrogens (tertiary/aromatic N) is 2. The lowest BCUT2D eigenvalue weighted by Gasteiger charge is -2.22. The molecule has 0 heterocycles. The van der Waals surface area contributed by atoms with Crippen LogP contribution in [0, 0.1) is 0 Å². The number of phenols is 2. The summed E-state index contributed by atoms with van der Waals surface area (Å²) in [6, 6.07) is 11.6. The van der Waals surface area contributed by atoms with Crippen LogP contribution < -0.4 is 9.80 Å². The van der Waals surface area contributed by atoms with Crippen LogP contribution in [0.1, 0.15) is 38.8 Å². The number of rotatable bonds is 8. The summed E-state index contributed by atoms with van der Waals surface area (Å²) < 4.78 is 0. The van der Waals surface area contributed by atoms with E-state index >= 15 is 0 Å². The van der Waals surface area contributed by atoms with Crippen LogP contribution in [0.5, 0.6) is 11.5 Å². The summed E-state index contributed by atoms with van der Waals surface area (Å²) in [5.41, 5.74) is 3.68. The van der Waals surface area contributed by atoms with Crippen molar-refractivity contribution in [1.82, 2.24) is 0 Å². The second-order valence-corrected chi connectivity index (χ2v) is 6.15. The molecule has 4 heteroatoms. The molecule has 2 N–H and O–H groups in total. The smallest absolute Gasteiger partial charge is 0.121 e. The normalized spacial score (nSPS) is 10.7. The van der Waals surface area contributed by atoms with Gasteiger partial charge in [0.05, 0.1) is 0 Å². The van der Waals surface area contributed by atoms with Gasteiger partial charge in [0.1, 0.15) is 11.5 Å². The summed E-state index contributed by atoms with van der Waals surface area (Å²) in [4.78, 5) is 4.39. The van der Waals surface area contributed by atoms with E-state index in [0.29, 0.717) is 6.42 Å². The van der Waals surface area contributed by atoms with Gasteiger partial charge in [-0.3, -0.25) is 0 Å².